The third kappa shape index (κ3) is 5.64. The summed E-state index contributed by atoms with van der Waals surface area (Å²) in [6.45, 7) is 0. The van der Waals surface area contributed by atoms with Crippen molar-refractivity contribution in [1.29, 1.82) is 0 Å². The molecule has 1 heterocycles. The second-order valence-electron chi connectivity index (χ2n) is 3.19. The van der Waals surface area contributed by atoms with E-state index in [1.807, 2.05) is 5.32 Å². The van der Waals surface area contributed by atoms with Crippen LogP contribution in [0.15, 0.2) is 9.72 Å². The third-order valence-corrected chi connectivity index (χ3v) is 3.75. The van der Waals surface area contributed by atoms with E-state index in [1.54, 1.807) is 5.38 Å². The Balaban J connectivity index is 2.31. The molecule has 18 heavy (non-hydrogen) atoms. The van der Waals surface area contributed by atoms with Gasteiger partial charge in [-0.05, 0) is 0 Å². The number of nitrogens with zero attached hydrogens (tertiary/aromatic N) is 1. The molecule has 9 heteroatoms. The maximum Gasteiger partial charge on any atom is 0.318 e. The minimum absolute atomic E-state index is 0.112. The van der Waals surface area contributed by atoms with Crippen molar-refractivity contribution in [3.63, 3.8) is 0 Å². The lowest BCUT2D eigenvalue weighted by atomic mass is 10.3. The standard InChI is InChI=1S/C9H11N3O4S2/c10-8(16)12-6(13)1-2-17-9-11-5(4-18-9)3-7(14)15/h4H,1-3H2,(H,14,15)(H3,10,12,13,16). The molecular formula is C9H11N3O4S2. The molecule has 0 radical (unpaired) electrons. The summed E-state index contributed by atoms with van der Waals surface area (Å²) in [7, 11) is 0. The number of urea groups is 1. The van der Waals surface area contributed by atoms with Gasteiger partial charge in [0.25, 0.3) is 0 Å². The molecule has 0 aromatic carbocycles. The Labute approximate surface area is 111 Å². The van der Waals surface area contributed by atoms with E-state index in [0.29, 0.717) is 15.8 Å². The molecule has 0 fully saturated rings. The van der Waals surface area contributed by atoms with Gasteiger partial charge in [0.05, 0.1) is 12.1 Å². The van der Waals surface area contributed by atoms with Gasteiger partial charge in [0.2, 0.25) is 5.91 Å². The van der Waals surface area contributed by atoms with Crippen LogP contribution in [0.5, 0.6) is 0 Å². The number of carboxylic acids is 1. The van der Waals surface area contributed by atoms with E-state index in [-0.39, 0.29) is 12.8 Å². The van der Waals surface area contributed by atoms with Gasteiger partial charge in [0.1, 0.15) is 4.34 Å². The highest BCUT2D eigenvalue weighted by atomic mass is 32.2. The third-order valence-electron chi connectivity index (χ3n) is 1.68. The molecule has 98 valence electrons. The zero-order valence-electron chi connectivity index (χ0n) is 9.21. The van der Waals surface area contributed by atoms with Crippen molar-refractivity contribution >= 4 is 41.0 Å². The second kappa shape index (κ2) is 6.97. The average Bonchev–Trinajstić information content (AvgIpc) is 2.63. The fourth-order valence-corrected chi connectivity index (χ4v) is 2.88. The molecule has 0 bridgehead atoms. The van der Waals surface area contributed by atoms with Crippen LogP contribution in [-0.2, 0) is 16.0 Å². The van der Waals surface area contributed by atoms with E-state index in [0.717, 1.165) is 0 Å². The molecule has 0 saturated carbocycles. The van der Waals surface area contributed by atoms with Gasteiger partial charge in [-0.3, -0.25) is 14.9 Å². The van der Waals surface area contributed by atoms with E-state index >= 15 is 0 Å². The fraction of sp³-hybridized carbons (Fsp3) is 0.333. The van der Waals surface area contributed by atoms with Crippen LogP contribution in [0.25, 0.3) is 0 Å². The van der Waals surface area contributed by atoms with Crippen molar-refractivity contribution < 1.29 is 19.5 Å². The van der Waals surface area contributed by atoms with Gasteiger partial charge in [-0.25, -0.2) is 9.78 Å². The first kappa shape index (κ1) is 14.5. The fourth-order valence-electron chi connectivity index (χ4n) is 1.02. The van der Waals surface area contributed by atoms with Crippen LogP contribution in [0.3, 0.4) is 0 Å². The van der Waals surface area contributed by atoms with Crippen molar-refractivity contribution in [2.75, 3.05) is 5.75 Å². The molecule has 3 amide bonds. The number of hydrogen-bond donors (Lipinski definition) is 3. The Morgan fingerprint density at radius 3 is 2.83 bits per heavy atom. The largest absolute Gasteiger partial charge is 0.481 e. The van der Waals surface area contributed by atoms with Crippen LogP contribution in [0.1, 0.15) is 12.1 Å². The number of thioether (sulfide) groups is 1. The number of hydrogen-bond acceptors (Lipinski definition) is 6. The van der Waals surface area contributed by atoms with Gasteiger partial charge < -0.3 is 10.8 Å². The number of primary amides is 1. The Morgan fingerprint density at radius 1 is 1.50 bits per heavy atom. The molecule has 0 aliphatic rings. The number of imide groups is 1. The van der Waals surface area contributed by atoms with Gasteiger partial charge in [-0.2, -0.15) is 0 Å². The number of carbonyl (C=O) groups excluding carboxylic acids is 2. The lowest BCUT2D eigenvalue weighted by Crippen LogP contribution is -2.35. The SMILES string of the molecule is NC(=O)NC(=O)CCSc1nc(CC(=O)O)cs1. The first-order valence-electron chi connectivity index (χ1n) is 4.85. The van der Waals surface area contributed by atoms with E-state index in [1.165, 1.54) is 23.1 Å². The molecule has 1 rings (SSSR count). The zero-order chi connectivity index (χ0) is 13.5. The summed E-state index contributed by atoms with van der Waals surface area (Å²) in [5.41, 5.74) is 5.28. The topological polar surface area (TPSA) is 122 Å². The van der Waals surface area contributed by atoms with Gasteiger partial charge in [0.15, 0.2) is 0 Å². The van der Waals surface area contributed by atoms with Crippen molar-refractivity contribution in [1.82, 2.24) is 10.3 Å². The summed E-state index contributed by atoms with van der Waals surface area (Å²) in [6.07, 6.45) is 0.0284. The number of carboxylic acid groups (broad SMARTS) is 1. The minimum Gasteiger partial charge on any atom is -0.481 e. The Morgan fingerprint density at radius 2 is 2.22 bits per heavy atom. The first-order valence-corrected chi connectivity index (χ1v) is 6.72. The summed E-state index contributed by atoms with van der Waals surface area (Å²) in [6, 6.07) is -0.872. The molecule has 0 spiro atoms. The van der Waals surface area contributed by atoms with Crippen molar-refractivity contribution in [3.05, 3.63) is 11.1 Å². The van der Waals surface area contributed by atoms with E-state index in [2.05, 4.69) is 4.98 Å². The maximum absolute atomic E-state index is 11.1. The van der Waals surface area contributed by atoms with Crippen LogP contribution in [0.2, 0.25) is 0 Å². The van der Waals surface area contributed by atoms with Crippen molar-refractivity contribution in [2.45, 2.75) is 17.2 Å². The normalized spacial score (nSPS) is 10.0. The number of carbonyl (C=O) groups is 3. The van der Waals surface area contributed by atoms with Gasteiger partial charge >= 0.3 is 12.0 Å². The quantitative estimate of drug-likeness (QED) is 0.653. The predicted molar refractivity (Wildman–Crippen MR) is 66.5 cm³/mol. The molecule has 7 nitrogen and oxygen atoms in total. The lowest BCUT2D eigenvalue weighted by molar-refractivity contribution is -0.136. The van der Waals surface area contributed by atoms with Gasteiger partial charge in [-0.15, -0.1) is 11.3 Å². The molecule has 1 aromatic rings. The average molecular weight is 289 g/mol. The van der Waals surface area contributed by atoms with Crippen LogP contribution in [0, 0.1) is 0 Å². The van der Waals surface area contributed by atoms with E-state index < -0.39 is 17.9 Å². The molecule has 0 aliphatic carbocycles. The number of thiazole rings is 1. The molecule has 4 N–H and O–H groups in total. The van der Waals surface area contributed by atoms with Crippen LogP contribution in [0.4, 0.5) is 4.79 Å². The number of aromatic nitrogens is 1. The predicted octanol–water partition coefficient (Wildman–Crippen LogP) is 0.447. The summed E-state index contributed by atoms with van der Waals surface area (Å²) in [4.78, 5) is 36.0. The van der Waals surface area contributed by atoms with E-state index in [4.69, 9.17) is 10.8 Å². The highest BCUT2D eigenvalue weighted by Gasteiger charge is 2.08. The van der Waals surface area contributed by atoms with Gasteiger partial charge in [0, 0.05) is 17.6 Å². The number of amides is 3. The highest BCUT2D eigenvalue weighted by Crippen LogP contribution is 2.23. The summed E-state index contributed by atoms with van der Waals surface area (Å²) in [5.74, 6) is -0.936. The minimum atomic E-state index is -0.933. The molecule has 0 atom stereocenters. The zero-order valence-corrected chi connectivity index (χ0v) is 10.8. The molecule has 0 unspecified atom stereocenters. The Kier molecular flexibility index (Phi) is 5.59. The number of nitrogens with two attached hydrogens (primary N) is 1. The van der Waals surface area contributed by atoms with Crippen molar-refractivity contribution in [2.24, 2.45) is 5.73 Å². The molecule has 0 saturated heterocycles. The number of rotatable bonds is 6. The lowest BCUT2D eigenvalue weighted by Gasteiger charge is -1.98. The Bertz CT molecular complexity index is 460. The van der Waals surface area contributed by atoms with Gasteiger partial charge in [-0.1, -0.05) is 11.8 Å². The molecule has 0 aliphatic heterocycles. The van der Waals surface area contributed by atoms with Crippen molar-refractivity contribution in [3.8, 4) is 0 Å². The van der Waals surface area contributed by atoms with Crippen LogP contribution >= 0.6 is 23.1 Å². The first-order chi connectivity index (χ1) is 8.47. The second-order valence-corrected chi connectivity index (χ2v) is 5.39. The maximum atomic E-state index is 11.1. The summed E-state index contributed by atoms with van der Waals surface area (Å²) < 4.78 is 0.693. The molecule has 1 aromatic heterocycles. The summed E-state index contributed by atoms with van der Waals surface area (Å²) >= 11 is 2.65. The monoisotopic (exact) mass is 289 g/mol. The van der Waals surface area contributed by atoms with Crippen LogP contribution in [-0.4, -0.2) is 33.8 Å². The number of aliphatic carboxylic acids is 1. The smallest absolute Gasteiger partial charge is 0.318 e. The number of nitrogens with one attached hydrogen (secondary N) is 1. The van der Waals surface area contributed by atoms with E-state index in [9.17, 15) is 14.4 Å². The van der Waals surface area contributed by atoms with Crippen LogP contribution < -0.4 is 11.1 Å². The Hall–Kier alpha value is -1.61. The highest BCUT2D eigenvalue weighted by molar-refractivity contribution is 8.01. The molecular weight excluding hydrogens is 278 g/mol. The summed E-state index contributed by atoms with van der Waals surface area (Å²) in [5, 5.41) is 12.2.